The first kappa shape index (κ1) is 20.8. The summed E-state index contributed by atoms with van der Waals surface area (Å²) in [5.41, 5.74) is 7.28. The number of nitrogens with one attached hydrogen (secondary N) is 1. The zero-order valence-corrected chi connectivity index (χ0v) is 15.7. The Kier molecular flexibility index (Phi) is 7.38. The van der Waals surface area contributed by atoms with Gasteiger partial charge in [-0.3, -0.25) is 9.59 Å². The smallest absolute Gasteiger partial charge is 0.338 e. The second-order valence-electron chi connectivity index (χ2n) is 5.96. The number of esters is 1. The zero-order valence-electron chi connectivity index (χ0n) is 15.7. The molecule has 2 amide bonds. The van der Waals surface area contributed by atoms with Crippen molar-refractivity contribution in [2.24, 2.45) is 5.73 Å². The molecule has 0 aliphatic heterocycles. The number of amides is 2. The van der Waals surface area contributed by atoms with E-state index in [4.69, 9.17) is 19.9 Å². The van der Waals surface area contributed by atoms with Crippen LogP contribution in [0.25, 0.3) is 0 Å². The Morgan fingerprint density at radius 3 is 2.36 bits per heavy atom. The number of carbonyl (C=O) groups is 3. The highest BCUT2D eigenvalue weighted by atomic mass is 16.5. The highest BCUT2D eigenvalue weighted by Crippen LogP contribution is 2.28. The minimum Gasteiger partial charge on any atom is -0.493 e. The molecule has 28 heavy (non-hydrogen) atoms. The monoisotopic (exact) mass is 386 g/mol. The van der Waals surface area contributed by atoms with Gasteiger partial charge in [-0.05, 0) is 30.7 Å². The summed E-state index contributed by atoms with van der Waals surface area (Å²) in [7, 11) is 1.39. The van der Waals surface area contributed by atoms with Gasteiger partial charge in [0.2, 0.25) is 0 Å². The highest BCUT2D eigenvalue weighted by Gasteiger charge is 2.14. The summed E-state index contributed by atoms with van der Waals surface area (Å²) in [5.74, 6) is -1.25. The SMILES string of the molecule is COc1cc(C(=O)OCC(=O)NCc2ccc(C)cc2)ccc1OCC(N)=O. The van der Waals surface area contributed by atoms with Crippen molar-refractivity contribution >= 4 is 17.8 Å². The van der Waals surface area contributed by atoms with Gasteiger partial charge in [0.25, 0.3) is 11.8 Å². The van der Waals surface area contributed by atoms with Crippen LogP contribution in [-0.2, 0) is 20.9 Å². The summed E-state index contributed by atoms with van der Waals surface area (Å²) in [5, 5.41) is 2.68. The van der Waals surface area contributed by atoms with E-state index in [1.165, 1.54) is 25.3 Å². The molecule has 8 nitrogen and oxygen atoms in total. The third-order valence-corrected chi connectivity index (χ3v) is 3.71. The van der Waals surface area contributed by atoms with Crippen LogP contribution in [0.4, 0.5) is 0 Å². The lowest BCUT2D eigenvalue weighted by Gasteiger charge is -2.11. The van der Waals surface area contributed by atoms with Crippen LogP contribution in [0.3, 0.4) is 0 Å². The second-order valence-corrected chi connectivity index (χ2v) is 5.96. The molecule has 2 aromatic carbocycles. The minimum atomic E-state index is -0.690. The number of primary amides is 1. The number of hydrogen-bond acceptors (Lipinski definition) is 6. The molecule has 2 rings (SSSR count). The van der Waals surface area contributed by atoms with Crippen molar-refractivity contribution in [2.45, 2.75) is 13.5 Å². The molecule has 0 fully saturated rings. The molecule has 0 saturated heterocycles. The number of ether oxygens (including phenoxy) is 3. The van der Waals surface area contributed by atoms with Crippen molar-refractivity contribution in [2.75, 3.05) is 20.3 Å². The summed E-state index contributed by atoms with van der Waals surface area (Å²) in [6.07, 6.45) is 0. The summed E-state index contributed by atoms with van der Waals surface area (Å²) >= 11 is 0. The number of nitrogens with two attached hydrogens (primary N) is 1. The molecule has 0 radical (unpaired) electrons. The summed E-state index contributed by atoms with van der Waals surface area (Å²) in [6.45, 7) is 1.60. The number of carbonyl (C=O) groups excluding carboxylic acids is 3. The molecule has 148 valence electrons. The van der Waals surface area contributed by atoms with E-state index in [0.29, 0.717) is 6.54 Å². The van der Waals surface area contributed by atoms with Crippen molar-refractivity contribution in [3.8, 4) is 11.5 Å². The number of rotatable bonds is 9. The van der Waals surface area contributed by atoms with Gasteiger partial charge in [0.15, 0.2) is 24.7 Å². The quantitative estimate of drug-likeness (QED) is 0.628. The van der Waals surface area contributed by atoms with Crippen molar-refractivity contribution in [1.29, 1.82) is 0 Å². The van der Waals surface area contributed by atoms with Gasteiger partial charge in [-0.2, -0.15) is 0 Å². The Balaban J connectivity index is 1.86. The average molecular weight is 386 g/mol. The molecule has 8 heteroatoms. The van der Waals surface area contributed by atoms with Crippen molar-refractivity contribution in [1.82, 2.24) is 5.32 Å². The van der Waals surface area contributed by atoms with Crippen LogP contribution in [0, 0.1) is 6.92 Å². The number of methoxy groups -OCH3 is 1. The van der Waals surface area contributed by atoms with Gasteiger partial charge < -0.3 is 25.3 Å². The lowest BCUT2D eigenvalue weighted by molar-refractivity contribution is -0.124. The van der Waals surface area contributed by atoms with Crippen LogP contribution in [-0.4, -0.2) is 38.1 Å². The Morgan fingerprint density at radius 2 is 1.71 bits per heavy atom. The fourth-order valence-corrected chi connectivity index (χ4v) is 2.23. The van der Waals surface area contributed by atoms with Crippen LogP contribution in [0.2, 0.25) is 0 Å². The molecule has 0 bridgehead atoms. The maximum Gasteiger partial charge on any atom is 0.338 e. The van der Waals surface area contributed by atoms with Gasteiger partial charge in [-0.1, -0.05) is 29.8 Å². The molecule has 0 aliphatic rings. The molecular weight excluding hydrogens is 364 g/mol. The third kappa shape index (κ3) is 6.31. The van der Waals surface area contributed by atoms with Gasteiger partial charge in [0.05, 0.1) is 12.7 Å². The first-order chi connectivity index (χ1) is 13.4. The second kappa shape index (κ2) is 9.96. The van der Waals surface area contributed by atoms with Crippen LogP contribution in [0.5, 0.6) is 11.5 Å². The van der Waals surface area contributed by atoms with E-state index < -0.39 is 24.4 Å². The van der Waals surface area contributed by atoms with E-state index in [1.807, 2.05) is 31.2 Å². The lowest BCUT2D eigenvalue weighted by Crippen LogP contribution is -2.28. The van der Waals surface area contributed by atoms with Crippen molar-refractivity contribution < 1.29 is 28.6 Å². The first-order valence-electron chi connectivity index (χ1n) is 8.47. The van der Waals surface area contributed by atoms with Gasteiger partial charge in [0, 0.05) is 6.54 Å². The molecule has 0 aromatic heterocycles. The first-order valence-corrected chi connectivity index (χ1v) is 8.47. The number of aryl methyl sites for hydroxylation is 1. The maximum atomic E-state index is 12.1. The summed E-state index contributed by atoms with van der Waals surface area (Å²) < 4.78 is 15.3. The fraction of sp³-hybridized carbons (Fsp3) is 0.250. The minimum absolute atomic E-state index is 0.176. The summed E-state index contributed by atoms with van der Waals surface area (Å²) in [6, 6.07) is 12.0. The fourth-order valence-electron chi connectivity index (χ4n) is 2.23. The predicted molar refractivity (Wildman–Crippen MR) is 101 cm³/mol. The van der Waals surface area contributed by atoms with Gasteiger partial charge in [-0.25, -0.2) is 4.79 Å². The Morgan fingerprint density at radius 1 is 1.00 bits per heavy atom. The molecule has 3 N–H and O–H groups in total. The van der Waals surface area contributed by atoms with Gasteiger partial charge in [-0.15, -0.1) is 0 Å². The molecule has 0 heterocycles. The molecular formula is C20H22N2O6. The highest BCUT2D eigenvalue weighted by molar-refractivity contribution is 5.92. The van der Waals surface area contributed by atoms with Gasteiger partial charge in [0.1, 0.15) is 0 Å². The van der Waals surface area contributed by atoms with E-state index >= 15 is 0 Å². The molecule has 0 atom stereocenters. The van der Waals surface area contributed by atoms with Crippen LogP contribution >= 0.6 is 0 Å². The Labute approximate surface area is 162 Å². The van der Waals surface area contributed by atoms with Crippen molar-refractivity contribution in [3.63, 3.8) is 0 Å². The average Bonchev–Trinajstić information content (AvgIpc) is 2.69. The van der Waals surface area contributed by atoms with E-state index in [1.54, 1.807) is 0 Å². The molecule has 0 saturated carbocycles. The molecule has 0 spiro atoms. The number of benzene rings is 2. The molecule has 2 aromatic rings. The normalized spacial score (nSPS) is 10.1. The lowest BCUT2D eigenvalue weighted by atomic mass is 10.1. The van der Waals surface area contributed by atoms with E-state index in [0.717, 1.165) is 11.1 Å². The number of hydrogen-bond donors (Lipinski definition) is 2. The Hall–Kier alpha value is -3.55. The molecule has 0 aliphatic carbocycles. The van der Waals surface area contributed by atoms with Crippen LogP contribution < -0.4 is 20.5 Å². The maximum absolute atomic E-state index is 12.1. The summed E-state index contributed by atoms with van der Waals surface area (Å²) in [4.78, 5) is 34.8. The predicted octanol–water partition coefficient (Wildman–Crippen LogP) is 1.34. The van der Waals surface area contributed by atoms with E-state index in [2.05, 4.69) is 5.32 Å². The van der Waals surface area contributed by atoms with Crippen LogP contribution in [0.1, 0.15) is 21.5 Å². The van der Waals surface area contributed by atoms with E-state index in [-0.39, 0.29) is 23.7 Å². The van der Waals surface area contributed by atoms with Crippen molar-refractivity contribution in [3.05, 3.63) is 59.2 Å². The van der Waals surface area contributed by atoms with Crippen LogP contribution in [0.15, 0.2) is 42.5 Å². The third-order valence-electron chi connectivity index (χ3n) is 3.71. The topological polar surface area (TPSA) is 117 Å². The van der Waals surface area contributed by atoms with Gasteiger partial charge >= 0.3 is 5.97 Å². The molecule has 0 unspecified atom stereocenters. The zero-order chi connectivity index (χ0) is 20.5. The standard InChI is InChI=1S/C20H22N2O6/c1-13-3-5-14(6-4-13)10-22-19(24)12-28-20(25)15-7-8-16(17(9-15)26-2)27-11-18(21)23/h3-9H,10-12H2,1-2H3,(H2,21,23)(H,22,24). The Bertz CT molecular complexity index is 848. The van der Waals surface area contributed by atoms with E-state index in [9.17, 15) is 14.4 Å². The largest absolute Gasteiger partial charge is 0.493 e.